The smallest absolute Gasteiger partial charge is 0.267 e. The highest BCUT2D eigenvalue weighted by Gasteiger charge is 2.37. The molecule has 0 aromatic rings. The summed E-state index contributed by atoms with van der Waals surface area (Å²) in [6, 6.07) is 0. The Hall–Kier alpha value is -0.720. The molecule has 0 aliphatic carbocycles. The average molecular weight is 221 g/mol. The molecule has 0 rings (SSSR count). The third-order valence-electron chi connectivity index (χ3n) is 2.17. The summed E-state index contributed by atoms with van der Waals surface area (Å²) in [4.78, 5) is 12.9. The highest BCUT2D eigenvalue weighted by atomic mass is 32.2. The maximum atomic E-state index is 11.4. The Morgan fingerprint density at radius 1 is 1.57 bits per heavy atom. The van der Waals surface area contributed by atoms with Crippen LogP contribution in [0.3, 0.4) is 0 Å². The fourth-order valence-electron chi connectivity index (χ4n) is 0.996. The van der Waals surface area contributed by atoms with Gasteiger partial charge in [0.15, 0.2) is 5.78 Å². The molecule has 0 saturated carbocycles. The van der Waals surface area contributed by atoms with Crippen molar-refractivity contribution in [1.82, 2.24) is 4.90 Å². The monoisotopic (exact) mass is 221 g/mol. The molecule has 0 saturated heterocycles. The average Bonchev–Trinajstić information content (AvgIpc) is 1.99. The Bertz CT molecular complexity index is 333. The van der Waals surface area contributed by atoms with Gasteiger partial charge in [-0.05, 0) is 27.1 Å². The standard InChI is InChI=1S/C8H15NO4S/c1-5-7(10)8(2,9(3)4)6-14(11,12)13/h5H,1,6H2,2-4H3,(H,11,12,13). The van der Waals surface area contributed by atoms with Gasteiger partial charge in [0.25, 0.3) is 10.1 Å². The SMILES string of the molecule is C=CC(=O)C(C)(CS(=O)(=O)O)N(C)C. The van der Waals surface area contributed by atoms with Gasteiger partial charge in [0.05, 0.1) is 5.54 Å². The number of carbonyl (C=O) groups is 1. The highest BCUT2D eigenvalue weighted by Crippen LogP contribution is 2.15. The molecule has 0 aliphatic rings. The van der Waals surface area contributed by atoms with Gasteiger partial charge in [-0.3, -0.25) is 14.2 Å². The molecule has 0 aliphatic heterocycles. The van der Waals surface area contributed by atoms with Crippen LogP contribution in [-0.4, -0.2) is 49.0 Å². The fourth-order valence-corrected chi connectivity index (χ4v) is 2.11. The van der Waals surface area contributed by atoms with Crippen LogP contribution in [-0.2, 0) is 14.9 Å². The van der Waals surface area contributed by atoms with Crippen LogP contribution in [0.15, 0.2) is 12.7 Å². The molecular weight excluding hydrogens is 206 g/mol. The third-order valence-corrected chi connectivity index (χ3v) is 3.09. The molecule has 0 aromatic heterocycles. The number of nitrogens with zero attached hydrogens (tertiary/aromatic N) is 1. The molecule has 0 fully saturated rings. The van der Waals surface area contributed by atoms with Gasteiger partial charge in [0.2, 0.25) is 0 Å². The maximum absolute atomic E-state index is 11.4. The Kier molecular flexibility index (Phi) is 3.99. The number of likely N-dealkylation sites (N-methyl/N-ethyl adjacent to an activating group) is 1. The van der Waals surface area contributed by atoms with Gasteiger partial charge in [-0.15, -0.1) is 0 Å². The van der Waals surface area contributed by atoms with E-state index in [-0.39, 0.29) is 0 Å². The van der Waals surface area contributed by atoms with E-state index in [1.165, 1.54) is 11.8 Å². The molecule has 1 unspecified atom stereocenters. The minimum absolute atomic E-state index is 0.444. The predicted molar refractivity (Wildman–Crippen MR) is 53.7 cm³/mol. The van der Waals surface area contributed by atoms with Crippen molar-refractivity contribution in [2.24, 2.45) is 0 Å². The summed E-state index contributed by atoms with van der Waals surface area (Å²) >= 11 is 0. The lowest BCUT2D eigenvalue weighted by atomic mass is 9.98. The first-order valence-corrected chi connectivity index (χ1v) is 5.54. The van der Waals surface area contributed by atoms with Gasteiger partial charge in [-0.25, -0.2) is 0 Å². The van der Waals surface area contributed by atoms with Gasteiger partial charge < -0.3 is 0 Å². The first-order chi connectivity index (χ1) is 6.13. The van der Waals surface area contributed by atoms with Crippen molar-refractivity contribution in [3.8, 4) is 0 Å². The van der Waals surface area contributed by atoms with Crippen LogP contribution >= 0.6 is 0 Å². The van der Waals surface area contributed by atoms with Crippen LogP contribution in [0.1, 0.15) is 6.92 Å². The van der Waals surface area contributed by atoms with E-state index in [4.69, 9.17) is 4.55 Å². The molecule has 0 amide bonds. The molecule has 0 heterocycles. The summed E-state index contributed by atoms with van der Waals surface area (Å²) in [7, 11) is -1.07. The van der Waals surface area contributed by atoms with Crippen molar-refractivity contribution in [2.75, 3.05) is 19.8 Å². The van der Waals surface area contributed by atoms with Gasteiger partial charge >= 0.3 is 0 Å². The topological polar surface area (TPSA) is 74.7 Å². The molecule has 0 radical (unpaired) electrons. The van der Waals surface area contributed by atoms with Crippen LogP contribution in [0.2, 0.25) is 0 Å². The zero-order valence-corrected chi connectivity index (χ0v) is 9.34. The Morgan fingerprint density at radius 2 is 2.00 bits per heavy atom. The van der Waals surface area contributed by atoms with Gasteiger partial charge in [0.1, 0.15) is 5.75 Å². The summed E-state index contributed by atoms with van der Waals surface area (Å²) in [5.74, 6) is -1.09. The number of carbonyl (C=O) groups excluding carboxylic acids is 1. The molecular formula is C8H15NO4S. The molecule has 1 N–H and O–H groups in total. The first-order valence-electron chi connectivity index (χ1n) is 3.93. The lowest BCUT2D eigenvalue weighted by molar-refractivity contribution is -0.122. The quantitative estimate of drug-likeness (QED) is 0.520. The van der Waals surface area contributed by atoms with E-state index in [9.17, 15) is 13.2 Å². The lowest BCUT2D eigenvalue weighted by Gasteiger charge is -2.32. The van der Waals surface area contributed by atoms with Gasteiger partial charge in [-0.1, -0.05) is 6.58 Å². The number of hydrogen-bond acceptors (Lipinski definition) is 4. The lowest BCUT2D eigenvalue weighted by Crippen LogP contribution is -2.52. The Balaban J connectivity index is 5.12. The van der Waals surface area contributed by atoms with E-state index in [1.807, 2.05) is 0 Å². The minimum atomic E-state index is -4.19. The molecule has 0 spiro atoms. The summed E-state index contributed by atoms with van der Waals surface area (Å²) in [5, 5.41) is 0. The number of hydrogen-bond donors (Lipinski definition) is 1. The van der Waals surface area contributed by atoms with Crippen molar-refractivity contribution in [3.63, 3.8) is 0 Å². The van der Waals surface area contributed by atoms with Crippen molar-refractivity contribution in [3.05, 3.63) is 12.7 Å². The molecule has 6 heteroatoms. The second-order valence-corrected chi connectivity index (χ2v) is 4.92. The normalized spacial score (nSPS) is 16.4. The van der Waals surface area contributed by atoms with Crippen LogP contribution in [0.4, 0.5) is 0 Å². The molecule has 82 valence electrons. The minimum Gasteiger partial charge on any atom is -0.296 e. The number of ketones is 1. The number of rotatable bonds is 5. The van der Waals surface area contributed by atoms with Gasteiger partial charge in [0, 0.05) is 0 Å². The van der Waals surface area contributed by atoms with E-state index >= 15 is 0 Å². The van der Waals surface area contributed by atoms with Crippen LogP contribution < -0.4 is 0 Å². The largest absolute Gasteiger partial charge is 0.296 e. The third kappa shape index (κ3) is 3.21. The van der Waals surface area contributed by atoms with Crippen molar-refractivity contribution < 1.29 is 17.8 Å². The summed E-state index contributed by atoms with van der Waals surface area (Å²) in [6.45, 7) is 4.72. The summed E-state index contributed by atoms with van der Waals surface area (Å²) in [6.07, 6.45) is 1.05. The molecule has 0 aromatic carbocycles. The Morgan fingerprint density at radius 3 is 2.21 bits per heavy atom. The molecule has 5 nitrogen and oxygen atoms in total. The van der Waals surface area contributed by atoms with Crippen molar-refractivity contribution in [2.45, 2.75) is 12.5 Å². The second-order valence-electron chi connectivity index (χ2n) is 3.46. The van der Waals surface area contributed by atoms with Crippen molar-refractivity contribution in [1.29, 1.82) is 0 Å². The van der Waals surface area contributed by atoms with E-state index in [0.29, 0.717) is 0 Å². The maximum Gasteiger partial charge on any atom is 0.267 e. The summed E-state index contributed by atoms with van der Waals surface area (Å²) in [5.41, 5.74) is -1.27. The first kappa shape index (κ1) is 13.3. The van der Waals surface area contributed by atoms with Crippen LogP contribution in [0.5, 0.6) is 0 Å². The molecule has 0 bridgehead atoms. The molecule has 1 atom stereocenters. The van der Waals surface area contributed by atoms with Gasteiger partial charge in [-0.2, -0.15) is 8.42 Å². The predicted octanol–water partition coefficient (Wildman–Crippen LogP) is -0.0504. The van der Waals surface area contributed by atoms with Crippen molar-refractivity contribution >= 4 is 15.9 Å². The van der Waals surface area contributed by atoms with E-state index < -0.39 is 27.2 Å². The van der Waals surface area contributed by atoms with Crippen LogP contribution in [0, 0.1) is 0 Å². The van der Waals surface area contributed by atoms with E-state index in [1.54, 1.807) is 14.1 Å². The zero-order chi connectivity index (χ0) is 11.6. The highest BCUT2D eigenvalue weighted by molar-refractivity contribution is 7.85. The zero-order valence-electron chi connectivity index (χ0n) is 8.52. The fraction of sp³-hybridized carbons (Fsp3) is 0.625. The van der Waals surface area contributed by atoms with Crippen LogP contribution in [0.25, 0.3) is 0 Å². The van der Waals surface area contributed by atoms with E-state index in [0.717, 1.165) is 6.08 Å². The molecule has 14 heavy (non-hydrogen) atoms. The second kappa shape index (κ2) is 4.20. The van der Waals surface area contributed by atoms with E-state index in [2.05, 4.69) is 6.58 Å². The summed E-state index contributed by atoms with van der Waals surface area (Å²) < 4.78 is 30.1. The Labute approximate surface area is 84.2 Å².